The number of carbonyl (C=O) groups excluding carboxylic acids is 1. The third-order valence-electron chi connectivity index (χ3n) is 5.49. The fourth-order valence-electron chi connectivity index (χ4n) is 3.97. The second kappa shape index (κ2) is 7.40. The molecule has 0 N–H and O–H groups in total. The minimum atomic E-state index is -0.219. The van der Waals surface area contributed by atoms with Crippen LogP contribution in [0.25, 0.3) is 0 Å². The molecule has 1 aromatic heterocycles. The van der Waals surface area contributed by atoms with Crippen LogP contribution in [0, 0.1) is 5.92 Å². The minimum absolute atomic E-state index is 0.0138. The van der Waals surface area contributed by atoms with Crippen LogP contribution in [-0.2, 0) is 14.2 Å². The summed E-state index contributed by atoms with van der Waals surface area (Å²) in [4.78, 5) is 18.4. The largest absolute Gasteiger partial charge is 0.381 e. The Labute approximate surface area is 148 Å². The second-order valence-corrected chi connectivity index (χ2v) is 7.41. The lowest BCUT2D eigenvalue weighted by molar-refractivity contribution is -0.188. The highest BCUT2D eigenvalue weighted by Gasteiger charge is 2.49. The van der Waals surface area contributed by atoms with Crippen molar-refractivity contribution in [2.75, 3.05) is 39.5 Å². The van der Waals surface area contributed by atoms with Gasteiger partial charge in [0.05, 0.1) is 19.2 Å². The second-order valence-electron chi connectivity index (χ2n) is 7.41. The van der Waals surface area contributed by atoms with Crippen LogP contribution in [0.15, 0.2) is 24.4 Å². The van der Waals surface area contributed by atoms with Gasteiger partial charge in [-0.2, -0.15) is 0 Å². The van der Waals surface area contributed by atoms with Gasteiger partial charge in [-0.3, -0.25) is 9.78 Å². The van der Waals surface area contributed by atoms with Crippen molar-refractivity contribution in [3.05, 3.63) is 30.1 Å². The first kappa shape index (κ1) is 16.9. The quantitative estimate of drug-likeness (QED) is 0.833. The molecule has 0 aromatic carbocycles. The Bertz CT molecular complexity index is 582. The molecule has 3 fully saturated rings. The molecule has 25 heavy (non-hydrogen) atoms. The van der Waals surface area contributed by atoms with E-state index in [-0.39, 0.29) is 17.6 Å². The zero-order chi connectivity index (χ0) is 17.1. The molecule has 0 aliphatic carbocycles. The van der Waals surface area contributed by atoms with E-state index in [1.54, 1.807) is 12.3 Å². The van der Waals surface area contributed by atoms with E-state index in [9.17, 15) is 4.79 Å². The standard InChI is InChI=1S/C19H26N2O4/c22-18(17-3-1-2-7-20-17)21-13-19(14-21)11-16(6-10-25-19)24-12-15-4-8-23-9-5-15/h1-3,7,15-16H,4-6,8-14H2/t16-/m1/s1. The van der Waals surface area contributed by atoms with Crippen LogP contribution < -0.4 is 0 Å². The molecular formula is C19H26N2O4. The summed E-state index contributed by atoms with van der Waals surface area (Å²) in [5, 5.41) is 0. The van der Waals surface area contributed by atoms with E-state index in [0.29, 0.717) is 31.3 Å². The highest BCUT2D eigenvalue weighted by Crippen LogP contribution is 2.36. The van der Waals surface area contributed by atoms with Crippen LogP contribution in [0.3, 0.4) is 0 Å². The summed E-state index contributed by atoms with van der Waals surface area (Å²) in [7, 11) is 0. The third-order valence-corrected chi connectivity index (χ3v) is 5.49. The molecule has 3 saturated heterocycles. The maximum Gasteiger partial charge on any atom is 0.272 e. The fourth-order valence-corrected chi connectivity index (χ4v) is 3.97. The van der Waals surface area contributed by atoms with Gasteiger partial charge in [-0.25, -0.2) is 0 Å². The van der Waals surface area contributed by atoms with E-state index in [1.165, 1.54) is 0 Å². The van der Waals surface area contributed by atoms with Gasteiger partial charge in [0.25, 0.3) is 5.91 Å². The van der Waals surface area contributed by atoms with E-state index in [1.807, 2.05) is 17.0 Å². The monoisotopic (exact) mass is 346 g/mol. The number of aromatic nitrogens is 1. The van der Waals surface area contributed by atoms with Crippen LogP contribution in [0.4, 0.5) is 0 Å². The fraction of sp³-hybridized carbons (Fsp3) is 0.684. The Morgan fingerprint density at radius 3 is 2.84 bits per heavy atom. The van der Waals surface area contributed by atoms with Crippen LogP contribution >= 0.6 is 0 Å². The van der Waals surface area contributed by atoms with Crippen LogP contribution in [0.2, 0.25) is 0 Å². The summed E-state index contributed by atoms with van der Waals surface area (Å²) in [6, 6.07) is 5.42. The van der Waals surface area contributed by atoms with Gasteiger partial charge < -0.3 is 19.1 Å². The Balaban J connectivity index is 1.26. The van der Waals surface area contributed by atoms with Crippen molar-refractivity contribution in [3.63, 3.8) is 0 Å². The number of carbonyl (C=O) groups is 1. The molecule has 1 amide bonds. The van der Waals surface area contributed by atoms with E-state index < -0.39 is 0 Å². The van der Waals surface area contributed by atoms with Gasteiger partial charge in [0, 0.05) is 39.0 Å². The average Bonchev–Trinajstić information content (AvgIpc) is 2.65. The zero-order valence-corrected chi connectivity index (χ0v) is 14.6. The van der Waals surface area contributed by atoms with Crippen molar-refractivity contribution in [1.29, 1.82) is 0 Å². The number of hydrogen-bond acceptors (Lipinski definition) is 5. The van der Waals surface area contributed by atoms with Crippen molar-refractivity contribution in [2.45, 2.75) is 37.4 Å². The summed E-state index contributed by atoms with van der Waals surface area (Å²) in [5.41, 5.74) is 0.281. The molecule has 1 spiro atoms. The number of nitrogens with zero attached hydrogens (tertiary/aromatic N) is 2. The molecule has 4 heterocycles. The highest BCUT2D eigenvalue weighted by molar-refractivity contribution is 5.93. The third kappa shape index (κ3) is 3.86. The van der Waals surface area contributed by atoms with E-state index in [0.717, 1.165) is 45.5 Å². The molecule has 3 aliphatic rings. The lowest BCUT2D eigenvalue weighted by atomic mass is 9.84. The summed E-state index contributed by atoms with van der Waals surface area (Å²) < 4.78 is 17.6. The van der Waals surface area contributed by atoms with Gasteiger partial charge in [0.15, 0.2) is 0 Å². The van der Waals surface area contributed by atoms with Crippen LogP contribution in [0.1, 0.15) is 36.2 Å². The predicted octanol–water partition coefficient (Wildman–Crippen LogP) is 1.90. The number of hydrogen-bond donors (Lipinski definition) is 0. The van der Waals surface area contributed by atoms with Crippen LogP contribution in [0.5, 0.6) is 0 Å². The molecule has 6 nitrogen and oxygen atoms in total. The zero-order valence-electron chi connectivity index (χ0n) is 14.6. The van der Waals surface area contributed by atoms with Crippen molar-refractivity contribution in [1.82, 2.24) is 9.88 Å². The molecule has 0 saturated carbocycles. The van der Waals surface area contributed by atoms with E-state index in [2.05, 4.69) is 4.98 Å². The molecule has 1 aromatic rings. The first-order valence-electron chi connectivity index (χ1n) is 9.28. The highest BCUT2D eigenvalue weighted by atomic mass is 16.5. The Hall–Kier alpha value is -1.50. The lowest BCUT2D eigenvalue weighted by Gasteiger charge is -2.52. The average molecular weight is 346 g/mol. The van der Waals surface area contributed by atoms with Crippen molar-refractivity contribution < 1.29 is 19.0 Å². The molecule has 4 rings (SSSR count). The lowest BCUT2D eigenvalue weighted by Crippen LogP contribution is -2.67. The van der Waals surface area contributed by atoms with Crippen LogP contribution in [-0.4, -0.2) is 67.0 Å². The molecule has 6 heteroatoms. The first-order chi connectivity index (χ1) is 12.2. The summed E-state index contributed by atoms with van der Waals surface area (Å²) in [5.74, 6) is 0.608. The van der Waals surface area contributed by atoms with E-state index >= 15 is 0 Å². The predicted molar refractivity (Wildman–Crippen MR) is 91.3 cm³/mol. The number of ether oxygens (including phenoxy) is 3. The topological polar surface area (TPSA) is 60.9 Å². The molecule has 0 unspecified atom stereocenters. The summed E-state index contributed by atoms with van der Waals surface area (Å²) in [6.07, 6.45) is 5.91. The summed E-state index contributed by atoms with van der Waals surface area (Å²) >= 11 is 0. The van der Waals surface area contributed by atoms with Gasteiger partial charge in [-0.05, 0) is 37.3 Å². The van der Waals surface area contributed by atoms with Gasteiger partial charge in [-0.1, -0.05) is 6.07 Å². The maximum absolute atomic E-state index is 12.4. The molecule has 3 aliphatic heterocycles. The Morgan fingerprint density at radius 1 is 1.24 bits per heavy atom. The van der Waals surface area contributed by atoms with Gasteiger partial charge in [-0.15, -0.1) is 0 Å². The normalized spacial score (nSPS) is 26.4. The Morgan fingerprint density at radius 2 is 2.08 bits per heavy atom. The van der Waals surface area contributed by atoms with E-state index in [4.69, 9.17) is 14.2 Å². The number of likely N-dealkylation sites (tertiary alicyclic amines) is 1. The smallest absolute Gasteiger partial charge is 0.272 e. The maximum atomic E-state index is 12.4. The number of pyridine rings is 1. The minimum Gasteiger partial charge on any atom is -0.381 e. The van der Waals surface area contributed by atoms with Gasteiger partial charge >= 0.3 is 0 Å². The molecule has 0 bridgehead atoms. The van der Waals surface area contributed by atoms with Gasteiger partial charge in [0.1, 0.15) is 11.3 Å². The number of amides is 1. The first-order valence-corrected chi connectivity index (χ1v) is 9.28. The van der Waals surface area contributed by atoms with Gasteiger partial charge in [0.2, 0.25) is 0 Å². The molecule has 1 atom stereocenters. The number of rotatable bonds is 4. The molecular weight excluding hydrogens is 320 g/mol. The Kier molecular flexibility index (Phi) is 5.01. The van der Waals surface area contributed by atoms with Crippen molar-refractivity contribution >= 4 is 5.91 Å². The van der Waals surface area contributed by atoms with Crippen molar-refractivity contribution in [3.8, 4) is 0 Å². The molecule has 136 valence electrons. The van der Waals surface area contributed by atoms with Crippen molar-refractivity contribution in [2.24, 2.45) is 5.92 Å². The summed E-state index contributed by atoms with van der Waals surface area (Å²) in [6.45, 7) is 4.52. The molecule has 0 radical (unpaired) electrons. The SMILES string of the molecule is O=C(c1ccccn1)N1CC2(C[C@H](OCC3CCOCC3)CCO2)C1.